The number of carbonyl (C=O) groups excluding carboxylic acids is 2. The lowest BCUT2D eigenvalue weighted by atomic mass is 10.2. The monoisotopic (exact) mass is 1150 g/mol. The summed E-state index contributed by atoms with van der Waals surface area (Å²) in [5, 5.41) is 33.9. The Labute approximate surface area is 469 Å². The molecule has 0 aliphatic carbocycles. The molecule has 3 saturated heterocycles. The van der Waals surface area contributed by atoms with Gasteiger partial charge >= 0.3 is 12.2 Å². The number of hydrogen-bond acceptors (Lipinski definition) is 22. The van der Waals surface area contributed by atoms with Crippen LogP contribution in [-0.2, 0) is 19.3 Å². The van der Waals surface area contributed by atoms with Crippen molar-refractivity contribution in [3.05, 3.63) is 106 Å². The van der Waals surface area contributed by atoms with Crippen molar-refractivity contribution < 1.29 is 27.5 Å². The van der Waals surface area contributed by atoms with Crippen LogP contribution in [0.2, 0.25) is 15.1 Å². The van der Waals surface area contributed by atoms with Gasteiger partial charge in [0.25, 0.3) is 5.16 Å². The first-order valence-electron chi connectivity index (χ1n) is 24.7. The Morgan fingerprint density at radius 1 is 0.538 bits per heavy atom. The second-order valence-corrected chi connectivity index (χ2v) is 22.9. The minimum Gasteiger partial charge on any atom is -0.443 e. The highest BCUT2D eigenvalue weighted by Crippen LogP contribution is 2.23. The molecule has 3 aliphatic rings. The maximum absolute atomic E-state index is 11.9. The van der Waals surface area contributed by atoms with Crippen LogP contribution >= 0.6 is 34.8 Å². The first-order valence-corrected chi connectivity index (χ1v) is 27.8. The van der Waals surface area contributed by atoms with Gasteiger partial charge in [0, 0.05) is 117 Å². The third-order valence-corrected chi connectivity index (χ3v) is 12.6. The van der Waals surface area contributed by atoms with Gasteiger partial charge in [0.2, 0.25) is 21.7 Å². The van der Waals surface area contributed by atoms with E-state index in [9.17, 15) is 18.0 Å². The molecule has 3 aromatic carbocycles. The number of amides is 2. The van der Waals surface area contributed by atoms with Crippen molar-refractivity contribution >= 4 is 68.7 Å². The number of sulfone groups is 1. The normalized spacial score (nSPS) is 15.5. The molecule has 3 aromatic heterocycles. The van der Waals surface area contributed by atoms with E-state index >= 15 is 0 Å². The van der Waals surface area contributed by atoms with Crippen LogP contribution < -0.4 is 31.8 Å². The maximum Gasteiger partial charge on any atom is 0.422 e. The van der Waals surface area contributed by atoms with Gasteiger partial charge in [-0.05, 0) is 77.9 Å². The third-order valence-electron chi connectivity index (χ3n) is 11.0. The van der Waals surface area contributed by atoms with E-state index in [0.717, 1.165) is 86.7 Å². The molecule has 0 saturated carbocycles. The van der Waals surface area contributed by atoms with Crippen LogP contribution in [0, 0.1) is 0 Å². The van der Waals surface area contributed by atoms with E-state index in [1.54, 1.807) is 41.7 Å². The second kappa shape index (κ2) is 28.4. The van der Waals surface area contributed by atoms with Crippen LogP contribution in [0.25, 0.3) is 33.8 Å². The molecule has 6 aromatic rings. The molecule has 0 bridgehead atoms. The number of hydrazine groups is 3. The minimum atomic E-state index is -3.45. The highest BCUT2D eigenvalue weighted by atomic mass is 35.5. The van der Waals surface area contributed by atoms with E-state index in [-0.39, 0.29) is 11.2 Å². The Balaban J connectivity index is 0.000000173. The molecule has 0 radical (unpaired) electrons. The fraction of sp³-hybridized carbons (Fsp3) is 0.420. The molecular formula is C50H65Cl3N18O6S. The molecule has 0 unspecified atom stereocenters. The zero-order valence-corrected chi connectivity index (χ0v) is 47.6. The Morgan fingerprint density at radius 3 is 1.26 bits per heavy atom. The van der Waals surface area contributed by atoms with Gasteiger partial charge in [-0.1, -0.05) is 71.2 Å². The standard InChI is InChI=1S/C18H23ClN6O2.C13H15ClN6.C10H8ClN3O2S.C9H19N3O2/c1-18(2,3)27-17(26)23-25-10-8-24(9-11-25)16-21-15(12-20-22-16)13-4-6-14(19)7-5-13;14-11-3-1-10(2-4-11)12-9-16-18-13(17-12)19-5-7-20(15)8-6-19;1-17(15,16)10-13-9(6-12-14-10)7-2-4-8(11)5-3-7;1-9(2,3)14-8(13)11-12-6-4-10-5-7-12/h4-7,12H,8-11H2,1-3H3,(H,23,26);1-4,9H,5-8,15H2;2-6H,1H3;10H,4-7H2,1-3H3,(H,11,13). The lowest BCUT2D eigenvalue weighted by Gasteiger charge is -2.34. The molecule has 28 heteroatoms. The number of nitrogens with one attached hydrogen (secondary N) is 3. The molecule has 78 heavy (non-hydrogen) atoms. The van der Waals surface area contributed by atoms with Crippen LogP contribution in [0.1, 0.15) is 41.5 Å². The SMILES string of the molecule is CC(C)(C)OC(=O)NN1CCN(c2nncc(-c3ccc(Cl)cc3)n2)CC1.CC(C)(C)OC(=O)NN1CCNCC1.CS(=O)(=O)c1nncc(-c2ccc(Cl)cc2)n1.NN1CCN(c2nncc(-c3ccc(Cl)cc3)n2)CC1. The minimum absolute atomic E-state index is 0.287. The lowest BCUT2D eigenvalue weighted by molar-refractivity contribution is 0.0303. The summed E-state index contributed by atoms with van der Waals surface area (Å²) in [6, 6.07) is 21.8. The van der Waals surface area contributed by atoms with Gasteiger partial charge in [0.05, 0.1) is 35.7 Å². The highest BCUT2D eigenvalue weighted by Gasteiger charge is 2.24. The van der Waals surface area contributed by atoms with Crippen LogP contribution in [0.15, 0.2) is 96.5 Å². The van der Waals surface area contributed by atoms with Crippen LogP contribution in [0.3, 0.4) is 0 Å². The van der Waals surface area contributed by atoms with E-state index in [1.807, 2.05) is 105 Å². The summed E-state index contributed by atoms with van der Waals surface area (Å²) in [6.45, 7) is 20.3. The smallest absolute Gasteiger partial charge is 0.422 e. The van der Waals surface area contributed by atoms with Gasteiger partial charge in [-0.15, -0.1) is 15.3 Å². The topological polar surface area (TPSA) is 281 Å². The Bertz CT molecular complexity index is 2970. The first-order chi connectivity index (χ1) is 37.0. The molecule has 2 amide bonds. The number of benzene rings is 3. The van der Waals surface area contributed by atoms with Crippen molar-refractivity contribution in [1.82, 2.24) is 76.7 Å². The number of nitrogens with two attached hydrogens (primary N) is 1. The molecule has 6 heterocycles. The van der Waals surface area contributed by atoms with E-state index in [0.29, 0.717) is 58.8 Å². The van der Waals surface area contributed by atoms with Gasteiger partial charge in [0.15, 0.2) is 0 Å². The largest absolute Gasteiger partial charge is 0.443 e. The third kappa shape index (κ3) is 20.7. The van der Waals surface area contributed by atoms with E-state index in [1.165, 1.54) is 6.20 Å². The molecule has 3 fully saturated rings. The number of hydrogen-bond donors (Lipinski definition) is 4. The summed E-state index contributed by atoms with van der Waals surface area (Å²) in [6.07, 6.45) is 4.91. The second-order valence-electron chi connectivity index (χ2n) is 19.7. The van der Waals surface area contributed by atoms with Gasteiger partial charge < -0.3 is 24.6 Å². The number of carbonyl (C=O) groups is 2. The number of aromatic nitrogens is 9. The summed E-state index contributed by atoms with van der Waals surface area (Å²) in [5.74, 6) is 6.96. The van der Waals surface area contributed by atoms with Crippen molar-refractivity contribution in [1.29, 1.82) is 0 Å². The van der Waals surface area contributed by atoms with Crippen molar-refractivity contribution in [3.8, 4) is 33.8 Å². The van der Waals surface area contributed by atoms with E-state index in [2.05, 4.69) is 66.6 Å². The predicted molar refractivity (Wildman–Crippen MR) is 299 cm³/mol. The predicted octanol–water partition coefficient (Wildman–Crippen LogP) is 5.87. The Hall–Kier alpha value is -6.55. The van der Waals surface area contributed by atoms with Crippen LogP contribution in [-0.4, -0.2) is 177 Å². The van der Waals surface area contributed by atoms with E-state index in [4.69, 9.17) is 50.1 Å². The van der Waals surface area contributed by atoms with Gasteiger partial charge in [-0.3, -0.25) is 16.7 Å². The summed E-state index contributed by atoms with van der Waals surface area (Å²) >= 11 is 17.6. The number of halogens is 3. The average molecular weight is 1150 g/mol. The summed E-state index contributed by atoms with van der Waals surface area (Å²) < 4.78 is 33.0. The summed E-state index contributed by atoms with van der Waals surface area (Å²) in [7, 11) is -3.45. The zero-order valence-electron chi connectivity index (χ0n) is 44.5. The van der Waals surface area contributed by atoms with Gasteiger partial charge in [0.1, 0.15) is 11.2 Å². The van der Waals surface area contributed by atoms with E-state index < -0.39 is 27.1 Å². The summed E-state index contributed by atoms with van der Waals surface area (Å²) in [5.41, 5.74) is 9.14. The first kappa shape index (κ1) is 60.7. The van der Waals surface area contributed by atoms with Crippen molar-refractivity contribution in [2.45, 2.75) is 57.9 Å². The molecular weight excluding hydrogens is 1090 g/mol. The zero-order chi connectivity index (χ0) is 56.5. The Morgan fingerprint density at radius 2 is 0.885 bits per heavy atom. The Kier molecular flexibility index (Phi) is 22.1. The maximum atomic E-state index is 11.9. The number of ether oxygens (including phenoxy) is 2. The average Bonchev–Trinajstić information content (AvgIpc) is 3.40. The number of rotatable bonds is 8. The lowest BCUT2D eigenvalue weighted by Crippen LogP contribution is -2.54. The fourth-order valence-corrected chi connectivity index (χ4v) is 7.99. The molecule has 3 aliphatic heterocycles. The quantitative estimate of drug-likeness (QED) is 0.130. The molecule has 5 N–H and O–H groups in total. The van der Waals surface area contributed by atoms with Gasteiger partial charge in [-0.25, -0.2) is 48.0 Å². The van der Waals surface area contributed by atoms with Crippen LogP contribution in [0.4, 0.5) is 21.5 Å². The van der Waals surface area contributed by atoms with Crippen LogP contribution in [0.5, 0.6) is 0 Å². The number of nitrogens with zero attached hydrogens (tertiary/aromatic N) is 14. The van der Waals surface area contributed by atoms with Crippen molar-refractivity contribution in [2.75, 3.05) is 94.6 Å². The number of anilines is 2. The molecule has 9 rings (SSSR count). The molecule has 418 valence electrons. The molecule has 0 spiro atoms. The molecule has 24 nitrogen and oxygen atoms in total. The van der Waals surface area contributed by atoms with Crippen molar-refractivity contribution in [2.24, 2.45) is 5.84 Å². The van der Waals surface area contributed by atoms with Gasteiger partial charge in [-0.2, -0.15) is 15.3 Å². The summed E-state index contributed by atoms with van der Waals surface area (Å²) in [4.78, 5) is 40.5. The van der Waals surface area contributed by atoms with Crippen molar-refractivity contribution in [3.63, 3.8) is 0 Å². The molecule has 0 atom stereocenters. The number of piperazine rings is 3. The highest BCUT2D eigenvalue weighted by molar-refractivity contribution is 7.90. The fourth-order valence-electron chi connectivity index (χ4n) is 7.16.